The molecule has 146 valence electrons. The Morgan fingerprint density at radius 2 is 1.97 bits per heavy atom. The number of hydrogen-bond acceptors (Lipinski definition) is 4. The maximum atomic E-state index is 12.3. The van der Waals surface area contributed by atoms with Crippen molar-refractivity contribution in [3.8, 4) is 17.2 Å². The van der Waals surface area contributed by atoms with Crippen molar-refractivity contribution in [2.24, 2.45) is 0 Å². The molecule has 0 atom stereocenters. The minimum Gasteiger partial charge on any atom is -0.484 e. The fourth-order valence-corrected chi connectivity index (χ4v) is 3.06. The molecule has 0 saturated heterocycles. The average molecular weight is 407 g/mol. The topological polar surface area (TPSA) is 64.4 Å². The molecule has 0 radical (unpaired) electrons. The van der Waals surface area contributed by atoms with E-state index in [9.17, 15) is 4.79 Å². The summed E-state index contributed by atoms with van der Waals surface area (Å²) >= 11 is 6.00. The van der Waals surface area contributed by atoms with Crippen molar-refractivity contribution in [2.45, 2.75) is 13.8 Å². The number of ether oxygens (including phenoxy) is 1. The zero-order valence-corrected chi connectivity index (χ0v) is 16.8. The van der Waals surface area contributed by atoms with Crippen molar-refractivity contribution in [2.75, 3.05) is 11.9 Å². The lowest BCUT2D eigenvalue weighted by Crippen LogP contribution is -2.20. The number of carbonyl (C=O) groups excluding carboxylic acids is 1. The summed E-state index contributed by atoms with van der Waals surface area (Å²) in [4.78, 5) is 16.8. The van der Waals surface area contributed by atoms with Crippen LogP contribution in [0.4, 0.5) is 5.69 Å². The van der Waals surface area contributed by atoms with Gasteiger partial charge in [-0.25, -0.2) is 4.98 Å². The molecule has 1 heterocycles. The minimum absolute atomic E-state index is 0.104. The highest BCUT2D eigenvalue weighted by molar-refractivity contribution is 6.31. The van der Waals surface area contributed by atoms with Gasteiger partial charge in [0.05, 0.1) is 0 Å². The van der Waals surface area contributed by atoms with E-state index in [4.69, 9.17) is 20.8 Å². The summed E-state index contributed by atoms with van der Waals surface area (Å²) in [5.74, 6) is 0.843. The van der Waals surface area contributed by atoms with Crippen LogP contribution in [0, 0.1) is 13.8 Å². The van der Waals surface area contributed by atoms with Crippen molar-refractivity contribution in [1.29, 1.82) is 0 Å². The Labute approximate surface area is 173 Å². The first-order valence-electron chi connectivity index (χ1n) is 9.14. The number of amides is 1. The zero-order valence-electron chi connectivity index (χ0n) is 16.0. The molecule has 0 unspecified atom stereocenters. The number of nitrogens with one attached hydrogen (secondary N) is 1. The van der Waals surface area contributed by atoms with Crippen LogP contribution in [0.1, 0.15) is 11.1 Å². The maximum Gasteiger partial charge on any atom is 0.262 e. The molecule has 0 fully saturated rings. The fraction of sp³-hybridized carbons (Fsp3) is 0.130. The summed E-state index contributed by atoms with van der Waals surface area (Å²) in [6.07, 6.45) is 0. The van der Waals surface area contributed by atoms with Gasteiger partial charge in [-0.15, -0.1) is 0 Å². The number of oxazole rings is 1. The zero-order chi connectivity index (χ0) is 20.4. The Morgan fingerprint density at radius 3 is 2.79 bits per heavy atom. The van der Waals surface area contributed by atoms with Crippen molar-refractivity contribution in [3.63, 3.8) is 0 Å². The predicted octanol–water partition coefficient (Wildman–Crippen LogP) is 5.78. The van der Waals surface area contributed by atoms with Gasteiger partial charge in [0.15, 0.2) is 12.2 Å². The highest BCUT2D eigenvalue weighted by Gasteiger charge is 2.10. The molecule has 5 nitrogen and oxygen atoms in total. The van der Waals surface area contributed by atoms with Crippen LogP contribution in [0.25, 0.3) is 22.6 Å². The average Bonchev–Trinajstić information content (AvgIpc) is 3.12. The molecule has 3 aromatic carbocycles. The van der Waals surface area contributed by atoms with E-state index >= 15 is 0 Å². The van der Waals surface area contributed by atoms with E-state index in [1.165, 1.54) is 0 Å². The Bertz CT molecular complexity index is 1200. The van der Waals surface area contributed by atoms with Gasteiger partial charge in [0.2, 0.25) is 5.89 Å². The van der Waals surface area contributed by atoms with Gasteiger partial charge in [0, 0.05) is 16.3 Å². The number of benzene rings is 3. The summed E-state index contributed by atoms with van der Waals surface area (Å²) < 4.78 is 11.4. The Balaban J connectivity index is 1.45. The van der Waals surface area contributed by atoms with Gasteiger partial charge in [-0.3, -0.25) is 4.79 Å². The van der Waals surface area contributed by atoms with E-state index in [1.54, 1.807) is 24.3 Å². The quantitative estimate of drug-likeness (QED) is 0.456. The van der Waals surface area contributed by atoms with E-state index in [-0.39, 0.29) is 12.5 Å². The van der Waals surface area contributed by atoms with Crippen LogP contribution in [0.2, 0.25) is 5.02 Å². The van der Waals surface area contributed by atoms with Crippen molar-refractivity contribution >= 4 is 34.3 Å². The summed E-state index contributed by atoms with van der Waals surface area (Å²) in [5.41, 5.74) is 4.97. The van der Waals surface area contributed by atoms with Crippen molar-refractivity contribution < 1.29 is 13.9 Å². The molecule has 0 aliphatic heterocycles. The largest absolute Gasteiger partial charge is 0.484 e. The molecule has 4 rings (SSSR count). The van der Waals surface area contributed by atoms with Crippen molar-refractivity contribution in [1.82, 2.24) is 4.98 Å². The molecular formula is C23H19ClN2O3. The third kappa shape index (κ3) is 4.41. The number of halogens is 1. The maximum absolute atomic E-state index is 12.3. The first kappa shape index (κ1) is 19.0. The normalized spacial score (nSPS) is 10.9. The second-order valence-electron chi connectivity index (χ2n) is 6.82. The number of fused-ring (bicyclic) bond motifs is 1. The first-order chi connectivity index (χ1) is 14.0. The van der Waals surface area contributed by atoms with Crippen molar-refractivity contribution in [3.05, 3.63) is 76.8 Å². The summed E-state index contributed by atoms with van der Waals surface area (Å²) in [6, 6.07) is 18.5. The van der Waals surface area contributed by atoms with Crippen LogP contribution in [0.15, 0.2) is 65.1 Å². The second kappa shape index (κ2) is 7.97. The first-order valence-corrected chi connectivity index (χ1v) is 9.52. The summed E-state index contributed by atoms with van der Waals surface area (Å²) in [6.45, 7) is 3.79. The lowest BCUT2D eigenvalue weighted by molar-refractivity contribution is -0.118. The minimum atomic E-state index is -0.261. The monoisotopic (exact) mass is 406 g/mol. The van der Waals surface area contributed by atoms with E-state index in [0.717, 1.165) is 27.8 Å². The number of hydrogen-bond donors (Lipinski definition) is 1. The molecule has 0 spiro atoms. The van der Waals surface area contributed by atoms with Crippen LogP contribution >= 0.6 is 11.6 Å². The van der Waals surface area contributed by atoms with Gasteiger partial charge in [-0.2, -0.15) is 0 Å². The van der Waals surface area contributed by atoms with Gasteiger partial charge in [0.25, 0.3) is 5.91 Å². The smallest absolute Gasteiger partial charge is 0.262 e. The number of aryl methyl sites for hydroxylation is 2. The molecule has 1 N–H and O–H groups in total. The number of anilines is 1. The standard InChI is InChI=1S/C23H19ClN2O3/c1-14-6-9-21-20(10-14)26-23(29-21)16-4-3-5-17(12-16)25-22(27)13-28-18-7-8-19(24)15(2)11-18/h3-12H,13H2,1-2H3,(H,25,27). The molecule has 0 bridgehead atoms. The van der Waals surface area contributed by atoms with Gasteiger partial charge in [0.1, 0.15) is 11.3 Å². The third-order valence-corrected chi connectivity index (χ3v) is 4.86. The van der Waals surface area contributed by atoms with Gasteiger partial charge < -0.3 is 14.5 Å². The van der Waals surface area contributed by atoms with Gasteiger partial charge in [-0.1, -0.05) is 23.7 Å². The SMILES string of the molecule is Cc1ccc2oc(-c3cccc(NC(=O)COc4ccc(Cl)c(C)c4)c3)nc2c1. The number of rotatable bonds is 5. The molecular weight excluding hydrogens is 388 g/mol. The second-order valence-corrected chi connectivity index (χ2v) is 7.23. The van der Waals surface area contributed by atoms with Crippen LogP contribution in [0.3, 0.4) is 0 Å². The molecule has 6 heteroatoms. The number of carbonyl (C=O) groups is 1. The predicted molar refractivity (Wildman–Crippen MR) is 114 cm³/mol. The summed E-state index contributed by atoms with van der Waals surface area (Å²) in [5, 5.41) is 3.49. The Morgan fingerprint density at radius 1 is 1.10 bits per heavy atom. The molecule has 0 saturated carbocycles. The van der Waals surface area contributed by atoms with E-state index < -0.39 is 0 Å². The summed E-state index contributed by atoms with van der Waals surface area (Å²) in [7, 11) is 0. The molecule has 0 aliphatic rings. The van der Waals surface area contributed by atoms with Crippen LogP contribution in [-0.2, 0) is 4.79 Å². The van der Waals surface area contributed by atoms with E-state index in [1.807, 2.05) is 50.2 Å². The molecule has 0 aliphatic carbocycles. The lowest BCUT2D eigenvalue weighted by atomic mass is 10.2. The van der Waals surface area contributed by atoms with Crippen LogP contribution in [-0.4, -0.2) is 17.5 Å². The van der Waals surface area contributed by atoms with E-state index in [0.29, 0.717) is 22.4 Å². The Hall–Kier alpha value is -3.31. The molecule has 1 amide bonds. The highest BCUT2D eigenvalue weighted by Crippen LogP contribution is 2.27. The van der Waals surface area contributed by atoms with Crippen LogP contribution < -0.4 is 10.1 Å². The highest BCUT2D eigenvalue weighted by atomic mass is 35.5. The van der Waals surface area contributed by atoms with E-state index in [2.05, 4.69) is 10.3 Å². The molecule has 29 heavy (non-hydrogen) atoms. The molecule has 4 aromatic rings. The fourth-order valence-electron chi connectivity index (χ4n) is 2.94. The number of nitrogens with zero attached hydrogens (tertiary/aromatic N) is 1. The van der Waals surface area contributed by atoms with Crippen LogP contribution in [0.5, 0.6) is 5.75 Å². The third-order valence-electron chi connectivity index (χ3n) is 4.44. The Kier molecular flexibility index (Phi) is 5.23. The lowest BCUT2D eigenvalue weighted by Gasteiger charge is -2.09. The van der Waals surface area contributed by atoms with Gasteiger partial charge in [-0.05, 0) is 73.5 Å². The number of aromatic nitrogens is 1. The molecule has 1 aromatic heterocycles. The van der Waals surface area contributed by atoms with Gasteiger partial charge >= 0.3 is 0 Å².